The predicted octanol–water partition coefficient (Wildman–Crippen LogP) is 1.36. The summed E-state index contributed by atoms with van der Waals surface area (Å²) in [5.74, 6) is -1.68. The van der Waals surface area contributed by atoms with E-state index in [9.17, 15) is 17.6 Å². The SMILES string of the molecule is CCOCC(C)OC(=O)c1cc(F)c(C)c(S(N)(=O)=O)c1. The van der Waals surface area contributed by atoms with Crippen molar-refractivity contribution in [3.05, 3.63) is 29.1 Å². The Bertz CT molecular complexity index is 630. The summed E-state index contributed by atoms with van der Waals surface area (Å²) in [4.78, 5) is 11.4. The molecule has 0 aliphatic carbocycles. The van der Waals surface area contributed by atoms with Gasteiger partial charge < -0.3 is 9.47 Å². The third kappa shape index (κ3) is 4.76. The standard InChI is InChI=1S/C13H18FNO5S/c1-4-19-7-8(2)20-13(16)10-5-11(14)9(3)12(6-10)21(15,17)18/h5-6,8H,4,7H2,1-3H3,(H2,15,17,18). The van der Waals surface area contributed by atoms with Crippen molar-refractivity contribution in [2.45, 2.75) is 31.8 Å². The van der Waals surface area contributed by atoms with E-state index in [1.807, 2.05) is 0 Å². The van der Waals surface area contributed by atoms with Gasteiger partial charge in [-0.2, -0.15) is 0 Å². The van der Waals surface area contributed by atoms with Gasteiger partial charge in [0.05, 0.1) is 17.1 Å². The number of primary sulfonamides is 1. The molecular weight excluding hydrogens is 301 g/mol. The number of sulfonamides is 1. The van der Waals surface area contributed by atoms with Crippen LogP contribution in [0.3, 0.4) is 0 Å². The maximum atomic E-state index is 13.7. The molecule has 0 saturated heterocycles. The first-order valence-corrected chi connectivity index (χ1v) is 7.83. The summed E-state index contributed by atoms with van der Waals surface area (Å²) in [5, 5.41) is 5.00. The Kier molecular flexibility index (Phi) is 5.82. The smallest absolute Gasteiger partial charge is 0.338 e. The lowest BCUT2D eigenvalue weighted by Crippen LogP contribution is -2.21. The molecule has 0 fully saturated rings. The molecule has 6 nitrogen and oxygen atoms in total. The van der Waals surface area contributed by atoms with Crippen LogP contribution in [-0.4, -0.2) is 33.7 Å². The number of benzene rings is 1. The van der Waals surface area contributed by atoms with Crippen LogP contribution >= 0.6 is 0 Å². The molecule has 1 atom stereocenters. The zero-order valence-corrected chi connectivity index (χ0v) is 12.9. The summed E-state index contributed by atoms with van der Waals surface area (Å²) in [6.07, 6.45) is -0.542. The van der Waals surface area contributed by atoms with Gasteiger partial charge in [0.1, 0.15) is 11.9 Å². The minimum atomic E-state index is -4.13. The van der Waals surface area contributed by atoms with Crippen LogP contribution in [0, 0.1) is 12.7 Å². The molecule has 118 valence electrons. The fourth-order valence-electron chi connectivity index (χ4n) is 1.64. The van der Waals surface area contributed by atoms with Gasteiger partial charge in [0.25, 0.3) is 0 Å². The fourth-order valence-corrected chi connectivity index (χ4v) is 2.45. The largest absolute Gasteiger partial charge is 0.457 e. The Morgan fingerprint density at radius 3 is 2.57 bits per heavy atom. The summed E-state index contributed by atoms with van der Waals surface area (Å²) >= 11 is 0. The highest BCUT2D eigenvalue weighted by Gasteiger charge is 2.20. The minimum absolute atomic E-state index is 0.142. The average molecular weight is 319 g/mol. The quantitative estimate of drug-likeness (QED) is 0.799. The highest BCUT2D eigenvalue weighted by atomic mass is 32.2. The van der Waals surface area contributed by atoms with E-state index in [1.54, 1.807) is 13.8 Å². The van der Waals surface area contributed by atoms with E-state index < -0.39 is 32.8 Å². The van der Waals surface area contributed by atoms with E-state index in [2.05, 4.69) is 0 Å². The molecule has 0 radical (unpaired) electrons. The van der Waals surface area contributed by atoms with Crippen LogP contribution in [0.5, 0.6) is 0 Å². The van der Waals surface area contributed by atoms with Crippen molar-refractivity contribution in [2.24, 2.45) is 5.14 Å². The van der Waals surface area contributed by atoms with Gasteiger partial charge >= 0.3 is 5.97 Å². The van der Waals surface area contributed by atoms with Crippen molar-refractivity contribution in [3.63, 3.8) is 0 Å². The lowest BCUT2D eigenvalue weighted by atomic mass is 10.1. The van der Waals surface area contributed by atoms with Crippen molar-refractivity contribution in [3.8, 4) is 0 Å². The molecule has 0 amide bonds. The first-order valence-electron chi connectivity index (χ1n) is 6.28. The van der Waals surface area contributed by atoms with E-state index in [-0.39, 0.29) is 17.7 Å². The number of carbonyl (C=O) groups excluding carboxylic acids is 1. The van der Waals surface area contributed by atoms with E-state index in [1.165, 1.54) is 6.92 Å². The molecule has 8 heteroatoms. The summed E-state index contributed by atoms with van der Waals surface area (Å²) < 4.78 is 46.6. The average Bonchev–Trinajstić information content (AvgIpc) is 2.37. The molecule has 0 saturated carbocycles. The molecule has 0 spiro atoms. The van der Waals surface area contributed by atoms with Crippen LogP contribution < -0.4 is 5.14 Å². The third-order valence-corrected chi connectivity index (χ3v) is 3.74. The molecule has 2 N–H and O–H groups in total. The second-order valence-corrected chi connectivity index (χ2v) is 6.03. The van der Waals surface area contributed by atoms with Crippen molar-refractivity contribution in [1.29, 1.82) is 0 Å². The zero-order valence-electron chi connectivity index (χ0n) is 12.1. The molecule has 1 aromatic rings. The molecule has 1 aromatic carbocycles. The van der Waals surface area contributed by atoms with Crippen molar-refractivity contribution < 1.29 is 27.1 Å². The maximum Gasteiger partial charge on any atom is 0.338 e. The second kappa shape index (κ2) is 6.97. The summed E-state index contributed by atoms with van der Waals surface area (Å²) in [5.41, 5.74) is -0.359. The molecular formula is C13H18FNO5S. The number of hydrogen-bond acceptors (Lipinski definition) is 5. The third-order valence-electron chi connectivity index (χ3n) is 2.70. The van der Waals surface area contributed by atoms with E-state index in [4.69, 9.17) is 14.6 Å². The summed E-state index contributed by atoms with van der Waals surface area (Å²) in [6.45, 7) is 5.33. The second-order valence-electron chi connectivity index (χ2n) is 4.50. The highest BCUT2D eigenvalue weighted by Crippen LogP contribution is 2.20. The molecule has 0 aliphatic rings. The van der Waals surface area contributed by atoms with Gasteiger partial charge in [0.15, 0.2) is 0 Å². The lowest BCUT2D eigenvalue weighted by molar-refractivity contribution is 0.00433. The van der Waals surface area contributed by atoms with Crippen LogP contribution in [0.25, 0.3) is 0 Å². The number of nitrogens with two attached hydrogens (primary N) is 1. The van der Waals surface area contributed by atoms with Crippen LogP contribution in [0.1, 0.15) is 29.8 Å². The van der Waals surface area contributed by atoms with Crippen molar-refractivity contribution in [2.75, 3.05) is 13.2 Å². The first kappa shape index (κ1) is 17.5. The van der Waals surface area contributed by atoms with E-state index in [0.717, 1.165) is 12.1 Å². The van der Waals surface area contributed by atoms with E-state index in [0.29, 0.717) is 6.61 Å². The molecule has 0 aliphatic heterocycles. The van der Waals surface area contributed by atoms with Gasteiger partial charge in [-0.15, -0.1) is 0 Å². The van der Waals surface area contributed by atoms with Gasteiger partial charge in [-0.1, -0.05) is 0 Å². The van der Waals surface area contributed by atoms with Gasteiger partial charge in [-0.05, 0) is 32.9 Å². The number of halogens is 1. The lowest BCUT2D eigenvalue weighted by Gasteiger charge is -2.14. The molecule has 0 heterocycles. The Hall–Kier alpha value is -1.51. The van der Waals surface area contributed by atoms with Gasteiger partial charge in [-0.3, -0.25) is 0 Å². The van der Waals surface area contributed by atoms with Crippen LogP contribution in [0.4, 0.5) is 4.39 Å². The topological polar surface area (TPSA) is 95.7 Å². The minimum Gasteiger partial charge on any atom is -0.457 e. The fraction of sp³-hybridized carbons (Fsp3) is 0.462. The van der Waals surface area contributed by atoms with Crippen LogP contribution in [0.2, 0.25) is 0 Å². The number of esters is 1. The monoisotopic (exact) mass is 319 g/mol. The first-order chi connectivity index (χ1) is 9.66. The predicted molar refractivity (Wildman–Crippen MR) is 73.9 cm³/mol. The van der Waals surface area contributed by atoms with Crippen molar-refractivity contribution >= 4 is 16.0 Å². The molecule has 1 rings (SSSR count). The van der Waals surface area contributed by atoms with Crippen LogP contribution in [-0.2, 0) is 19.5 Å². The number of hydrogen-bond donors (Lipinski definition) is 1. The highest BCUT2D eigenvalue weighted by molar-refractivity contribution is 7.89. The van der Waals surface area contributed by atoms with Gasteiger partial charge in [0, 0.05) is 12.2 Å². The molecule has 0 aromatic heterocycles. The molecule has 21 heavy (non-hydrogen) atoms. The number of ether oxygens (including phenoxy) is 2. The Morgan fingerprint density at radius 1 is 1.43 bits per heavy atom. The maximum absolute atomic E-state index is 13.7. The summed E-state index contributed by atoms with van der Waals surface area (Å²) in [7, 11) is -4.13. The van der Waals surface area contributed by atoms with Gasteiger partial charge in [-0.25, -0.2) is 22.7 Å². The van der Waals surface area contributed by atoms with Crippen LogP contribution in [0.15, 0.2) is 17.0 Å². The molecule has 1 unspecified atom stereocenters. The number of rotatable bonds is 6. The Labute approximate surface area is 123 Å². The normalized spacial score (nSPS) is 13.0. The molecule has 0 bridgehead atoms. The number of carbonyl (C=O) groups is 1. The zero-order chi connectivity index (χ0) is 16.2. The van der Waals surface area contributed by atoms with E-state index >= 15 is 0 Å². The van der Waals surface area contributed by atoms with Crippen molar-refractivity contribution in [1.82, 2.24) is 0 Å². The Morgan fingerprint density at radius 2 is 2.05 bits per heavy atom. The Balaban J connectivity index is 3.04. The van der Waals surface area contributed by atoms with Gasteiger partial charge in [0.2, 0.25) is 10.0 Å². The summed E-state index contributed by atoms with van der Waals surface area (Å²) in [6, 6.07) is 1.92.